The highest BCUT2D eigenvalue weighted by Crippen LogP contribution is 2.25. The van der Waals surface area contributed by atoms with Crippen molar-refractivity contribution >= 4 is 22.7 Å². The zero-order chi connectivity index (χ0) is 14.0. The van der Waals surface area contributed by atoms with Crippen molar-refractivity contribution in [2.45, 2.75) is 13.5 Å². The van der Waals surface area contributed by atoms with E-state index in [0.29, 0.717) is 12.1 Å². The molecule has 0 bridgehead atoms. The van der Waals surface area contributed by atoms with Crippen molar-refractivity contribution < 1.29 is 13.7 Å². The quantitative estimate of drug-likeness (QED) is 0.691. The molecule has 0 spiro atoms. The molecular formula is C11H9F2N3O2S. The molecule has 1 aromatic carbocycles. The minimum absolute atomic E-state index is 0.206. The minimum atomic E-state index is -0.993. The second kappa shape index (κ2) is 5.27. The Morgan fingerprint density at radius 3 is 2.53 bits per heavy atom. The third-order valence-corrected chi connectivity index (χ3v) is 3.26. The topological polar surface area (TPSA) is 68.1 Å². The van der Waals surface area contributed by atoms with Gasteiger partial charge in [0, 0.05) is 11.1 Å². The fourth-order valence-electron chi connectivity index (χ4n) is 1.50. The van der Waals surface area contributed by atoms with Crippen LogP contribution in [0.5, 0.6) is 0 Å². The van der Waals surface area contributed by atoms with E-state index in [1.165, 1.54) is 11.3 Å². The van der Waals surface area contributed by atoms with E-state index in [0.717, 1.165) is 9.88 Å². The van der Waals surface area contributed by atoms with Gasteiger partial charge in [-0.1, -0.05) is 0 Å². The SMILES string of the molecule is Cc1ncc(CNc2c(F)cc([N+](=O)[O-])cc2F)s1. The molecule has 0 fully saturated rings. The van der Waals surface area contributed by atoms with Crippen molar-refractivity contribution in [3.63, 3.8) is 0 Å². The van der Waals surface area contributed by atoms with Crippen molar-refractivity contribution in [2.75, 3.05) is 5.32 Å². The summed E-state index contributed by atoms with van der Waals surface area (Å²) >= 11 is 1.40. The molecule has 0 aliphatic carbocycles. The molecule has 0 aliphatic heterocycles. The van der Waals surface area contributed by atoms with Gasteiger partial charge in [-0.25, -0.2) is 13.8 Å². The highest BCUT2D eigenvalue weighted by Gasteiger charge is 2.16. The minimum Gasteiger partial charge on any atom is -0.375 e. The van der Waals surface area contributed by atoms with E-state index >= 15 is 0 Å². The van der Waals surface area contributed by atoms with Crippen LogP contribution in [-0.2, 0) is 6.54 Å². The molecule has 0 amide bonds. The first-order chi connectivity index (χ1) is 8.97. The second-order valence-electron chi connectivity index (χ2n) is 3.74. The van der Waals surface area contributed by atoms with E-state index in [1.54, 1.807) is 6.20 Å². The van der Waals surface area contributed by atoms with Gasteiger partial charge < -0.3 is 5.32 Å². The molecule has 2 rings (SSSR count). The molecule has 0 radical (unpaired) electrons. The number of halogens is 2. The van der Waals surface area contributed by atoms with Gasteiger partial charge in [0.2, 0.25) is 0 Å². The summed E-state index contributed by atoms with van der Waals surface area (Å²) in [5.74, 6) is -1.99. The van der Waals surface area contributed by atoms with E-state index in [-0.39, 0.29) is 12.2 Å². The zero-order valence-electron chi connectivity index (χ0n) is 9.81. The molecule has 19 heavy (non-hydrogen) atoms. The zero-order valence-corrected chi connectivity index (χ0v) is 10.6. The van der Waals surface area contributed by atoms with Gasteiger partial charge in [0.25, 0.3) is 5.69 Å². The van der Waals surface area contributed by atoms with Crippen LogP contribution >= 0.6 is 11.3 Å². The molecule has 2 aromatic rings. The number of benzene rings is 1. The second-order valence-corrected chi connectivity index (χ2v) is 5.06. The summed E-state index contributed by atoms with van der Waals surface area (Å²) in [5.41, 5.74) is -0.995. The lowest BCUT2D eigenvalue weighted by Crippen LogP contribution is -2.04. The number of non-ortho nitro benzene ring substituents is 1. The summed E-state index contributed by atoms with van der Waals surface area (Å²) in [6, 6.07) is 1.37. The molecular weight excluding hydrogens is 276 g/mol. The van der Waals surface area contributed by atoms with Crippen molar-refractivity contribution in [3.05, 3.63) is 50.0 Å². The highest BCUT2D eigenvalue weighted by molar-refractivity contribution is 7.11. The molecule has 1 N–H and O–H groups in total. The van der Waals surface area contributed by atoms with E-state index in [4.69, 9.17) is 0 Å². The average Bonchev–Trinajstić information content (AvgIpc) is 2.73. The first-order valence-corrected chi connectivity index (χ1v) is 6.07. The number of nitro groups is 1. The van der Waals surface area contributed by atoms with Crippen LogP contribution in [0.1, 0.15) is 9.88 Å². The fourth-order valence-corrected chi connectivity index (χ4v) is 2.23. The number of nitrogens with zero attached hydrogens (tertiary/aromatic N) is 2. The summed E-state index contributed by atoms with van der Waals surface area (Å²) in [7, 11) is 0. The first-order valence-electron chi connectivity index (χ1n) is 5.26. The van der Waals surface area contributed by atoms with Crippen LogP contribution in [0.3, 0.4) is 0 Å². The number of anilines is 1. The molecule has 0 atom stereocenters. The number of nitro benzene ring substituents is 1. The van der Waals surface area contributed by atoms with Gasteiger partial charge in [-0.05, 0) is 6.92 Å². The standard InChI is InChI=1S/C11H9F2N3O2S/c1-6-14-4-8(19-6)5-15-11-9(12)2-7(16(17)18)3-10(11)13/h2-4,15H,5H2,1H3. The van der Waals surface area contributed by atoms with Gasteiger partial charge in [-0.15, -0.1) is 11.3 Å². The maximum absolute atomic E-state index is 13.6. The molecule has 0 aliphatic rings. The Hall–Kier alpha value is -2.09. The molecule has 1 aromatic heterocycles. The maximum atomic E-state index is 13.6. The molecule has 100 valence electrons. The molecule has 0 saturated heterocycles. The first kappa shape index (κ1) is 13.3. The van der Waals surface area contributed by atoms with Crippen LogP contribution < -0.4 is 5.32 Å². The Kier molecular flexibility index (Phi) is 3.70. The molecule has 0 unspecified atom stereocenters. The normalized spacial score (nSPS) is 10.5. The van der Waals surface area contributed by atoms with Gasteiger partial charge in [-0.2, -0.15) is 0 Å². The van der Waals surface area contributed by atoms with Crippen molar-refractivity contribution in [1.29, 1.82) is 0 Å². The van der Waals surface area contributed by atoms with Crippen LogP contribution in [0.2, 0.25) is 0 Å². The third kappa shape index (κ3) is 3.02. The summed E-state index contributed by atoms with van der Waals surface area (Å²) in [6.45, 7) is 2.03. The Morgan fingerprint density at radius 2 is 2.05 bits per heavy atom. The smallest absolute Gasteiger partial charge is 0.275 e. The van der Waals surface area contributed by atoms with E-state index < -0.39 is 22.2 Å². The molecule has 1 heterocycles. The van der Waals surface area contributed by atoms with Crippen molar-refractivity contribution in [3.8, 4) is 0 Å². The number of rotatable bonds is 4. The Balaban J connectivity index is 2.18. The summed E-state index contributed by atoms with van der Waals surface area (Å²) < 4.78 is 27.1. The van der Waals surface area contributed by atoms with Crippen LogP contribution in [0.15, 0.2) is 18.3 Å². The van der Waals surface area contributed by atoms with E-state index in [1.807, 2.05) is 6.92 Å². The molecule has 5 nitrogen and oxygen atoms in total. The predicted octanol–water partition coefficient (Wildman–Crippen LogP) is 3.25. The predicted molar refractivity (Wildman–Crippen MR) is 67.2 cm³/mol. The van der Waals surface area contributed by atoms with Gasteiger partial charge in [0.15, 0.2) is 11.6 Å². The van der Waals surface area contributed by atoms with Crippen LogP contribution in [-0.4, -0.2) is 9.91 Å². The number of hydrogen-bond acceptors (Lipinski definition) is 5. The number of aryl methyl sites for hydroxylation is 1. The monoisotopic (exact) mass is 285 g/mol. The Morgan fingerprint density at radius 1 is 1.42 bits per heavy atom. The Labute approximate surface area is 111 Å². The fraction of sp³-hybridized carbons (Fsp3) is 0.182. The third-order valence-electron chi connectivity index (χ3n) is 2.35. The lowest BCUT2D eigenvalue weighted by molar-refractivity contribution is -0.385. The van der Waals surface area contributed by atoms with Crippen molar-refractivity contribution in [2.24, 2.45) is 0 Å². The van der Waals surface area contributed by atoms with Gasteiger partial charge in [0.05, 0.1) is 28.6 Å². The van der Waals surface area contributed by atoms with Gasteiger partial charge in [0.1, 0.15) is 5.69 Å². The molecule has 0 saturated carbocycles. The van der Waals surface area contributed by atoms with Crippen LogP contribution in [0.25, 0.3) is 0 Å². The number of thiazole rings is 1. The highest BCUT2D eigenvalue weighted by atomic mass is 32.1. The van der Waals surface area contributed by atoms with Crippen LogP contribution in [0, 0.1) is 28.7 Å². The maximum Gasteiger partial charge on any atom is 0.275 e. The van der Waals surface area contributed by atoms with Crippen molar-refractivity contribution in [1.82, 2.24) is 4.98 Å². The summed E-state index contributed by atoms with van der Waals surface area (Å²) in [5, 5.41) is 13.9. The average molecular weight is 285 g/mol. The molecule has 8 heteroatoms. The van der Waals surface area contributed by atoms with Crippen LogP contribution in [0.4, 0.5) is 20.2 Å². The largest absolute Gasteiger partial charge is 0.375 e. The van der Waals surface area contributed by atoms with E-state index in [9.17, 15) is 18.9 Å². The number of hydrogen-bond donors (Lipinski definition) is 1. The lowest BCUT2D eigenvalue weighted by atomic mass is 10.2. The lowest BCUT2D eigenvalue weighted by Gasteiger charge is -2.07. The van der Waals surface area contributed by atoms with E-state index in [2.05, 4.69) is 10.3 Å². The van der Waals surface area contributed by atoms with Gasteiger partial charge >= 0.3 is 0 Å². The van der Waals surface area contributed by atoms with Gasteiger partial charge in [-0.3, -0.25) is 10.1 Å². The number of nitrogens with one attached hydrogen (secondary N) is 1. The summed E-state index contributed by atoms with van der Waals surface area (Å²) in [6.07, 6.45) is 1.61. The number of aromatic nitrogens is 1. The summed E-state index contributed by atoms with van der Waals surface area (Å²) in [4.78, 5) is 14.4. The Bertz CT molecular complexity index is 607.